The molecular weight excluding hydrogens is 177 g/mol. The van der Waals surface area contributed by atoms with E-state index in [9.17, 15) is 4.39 Å². The maximum absolute atomic E-state index is 13.7. The van der Waals surface area contributed by atoms with Crippen molar-refractivity contribution in [3.8, 4) is 0 Å². The Labute approximate surface area is 82.9 Å². The van der Waals surface area contributed by atoms with E-state index in [2.05, 4.69) is 4.98 Å². The van der Waals surface area contributed by atoms with Crippen LogP contribution in [0.4, 0.5) is 4.39 Å². The summed E-state index contributed by atoms with van der Waals surface area (Å²) in [7, 11) is 0. The van der Waals surface area contributed by atoms with Gasteiger partial charge >= 0.3 is 0 Å². The number of H-pyrrole nitrogens is 1. The van der Waals surface area contributed by atoms with Crippen molar-refractivity contribution in [2.75, 3.05) is 0 Å². The van der Waals surface area contributed by atoms with E-state index in [1.807, 2.05) is 39.1 Å². The topological polar surface area (TPSA) is 15.8 Å². The lowest BCUT2D eigenvalue weighted by molar-refractivity contribution is 0.524. The number of nitrogens with one attached hydrogen (secondary N) is 1. The molecule has 0 unspecified atom stereocenters. The molecule has 0 aliphatic rings. The van der Waals surface area contributed by atoms with Crippen LogP contribution in [0.1, 0.15) is 26.3 Å². The molecule has 2 aromatic rings. The molecule has 0 radical (unpaired) electrons. The lowest BCUT2D eigenvalue weighted by atomic mass is 9.86. The van der Waals surface area contributed by atoms with Crippen molar-refractivity contribution in [2.45, 2.75) is 26.2 Å². The van der Waals surface area contributed by atoms with Gasteiger partial charge in [0.25, 0.3) is 0 Å². The predicted octanol–water partition coefficient (Wildman–Crippen LogP) is 3.60. The smallest absolute Gasteiger partial charge is 0.129 e. The van der Waals surface area contributed by atoms with Gasteiger partial charge in [0.05, 0.1) is 0 Å². The highest BCUT2D eigenvalue weighted by Crippen LogP contribution is 2.28. The lowest BCUT2D eigenvalue weighted by Gasteiger charge is -2.19. The van der Waals surface area contributed by atoms with Crippen LogP contribution in [0.3, 0.4) is 0 Å². The molecule has 0 bridgehead atoms. The van der Waals surface area contributed by atoms with Gasteiger partial charge in [-0.25, -0.2) is 4.39 Å². The van der Waals surface area contributed by atoms with Gasteiger partial charge in [-0.2, -0.15) is 0 Å². The second-order valence-electron chi connectivity index (χ2n) is 4.65. The Kier molecular flexibility index (Phi) is 1.88. The number of hydrogen-bond acceptors (Lipinski definition) is 0. The van der Waals surface area contributed by atoms with Gasteiger partial charge in [-0.3, -0.25) is 0 Å². The summed E-state index contributed by atoms with van der Waals surface area (Å²) in [5.41, 5.74) is 1.48. The normalized spacial score (nSPS) is 12.3. The van der Waals surface area contributed by atoms with E-state index in [1.165, 1.54) is 0 Å². The molecule has 1 nitrogen and oxygen atoms in total. The van der Waals surface area contributed by atoms with Crippen molar-refractivity contribution in [3.63, 3.8) is 0 Å². The summed E-state index contributed by atoms with van der Waals surface area (Å²) in [5.74, 6) is -0.132. The Morgan fingerprint density at radius 2 is 1.93 bits per heavy atom. The van der Waals surface area contributed by atoms with Crippen LogP contribution in [-0.2, 0) is 5.41 Å². The predicted molar refractivity (Wildman–Crippen MR) is 57.0 cm³/mol. The summed E-state index contributed by atoms with van der Waals surface area (Å²) in [5, 5.41) is 1.07. The maximum Gasteiger partial charge on any atom is 0.129 e. The first kappa shape index (κ1) is 9.25. The molecule has 0 fully saturated rings. The molecule has 0 atom stereocenters. The molecule has 0 saturated carbocycles. The molecule has 1 N–H and O–H groups in total. The van der Waals surface area contributed by atoms with Crippen LogP contribution in [0.5, 0.6) is 0 Å². The Hall–Kier alpha value is -1.31. The number of rotatable bonds is 0. The Balaban J connectivity index is 2.71. The minimum absolute atomic E-state index is 0.132. The third-order valence-electron chi connectivity index (χ3n) is 2.45. The number of benzene rings is 1. The first-order valence-electron chi connectivity index (χ1n) is 4.75. The highest BCUT2D eigenvalue weighted by atomic mass is 19.1. The minimum Gasteiger partial charge on any atom is -0.361 e. The zero-order valence-corrected chi connectivity index (χ0v) is 8.69. The van der Waals surface area contributed by atoms with Crippen molar-refractivity contribution >= 4 is 10.9 Å². The van der Waals surface area contributed by atoms with Crippen LogP contribution in [0, 0.1) is 5.82 Å². The van der Waals surface area contributed by atoms with Gasteiger partial charge in [0.2, 0.25) is 0 Å². The second-order valence-corrected chi connectivity index (χ2v) is 4.65. The fourth-order valence-corrected chi connectivity index (χ4v) is 1.65. The van der Waals surface area contributed by atoms with Crippen LogP contribution in [0.15, 0.2) is 24.4 Å². The quantitative estimate of drug-likeness (QED) is 0.654. The first-order chi connectivity index (χ1) is 6.48. The van der Waals surface area contributed by atoms with Gasteiger partial charge in [-0.05, 0) is 34.6 Å². The van der Waals surface area contributed by atoms with Gasteiger partial charge < -0.3 is 4.98 Å². The standard InChI is InChI=1S/C12H14FN/c1-12(2,3)9-6-8-4-5-14-11(8)7-10(9)13/h4-7,14H,1-3H3. The highest BCUT2D eigenvalue weighted by molar-refractivity contribution is 5.80. The summed E-state index contributed by atoms with van der Waals surface area (Å²) in [6.45, 7) is 6.05. The Morgan fingerprint density at radius 3 is 2.57 bits per heavy atom. The molecule has 2 rings (SSSR count). The van der Waals surface area contributed by atoms with Crippen molar-refractivity contribution in [1.82, 2.24) is 4.98 Å². The maximum atomic E-state index is 13.7. The second kappa shape index (κ2) is 2.84. The van der Waals surface area contributed by atoms with E-state index in [-0.39, 0.29) is 11.2 Å². The average molecular weight is 191 g/mol. The lowest BCUT2D eigenvalue weighted by Crippen LogP contribution is -2.13. The van der Waals surface area contributed by atoms with Crippen LogP contribution < -0.4 is 0 Å². The molecule has 14 heavy (non-hydrogen) atoms. The van der Waals surface area contributed by atoms with Crippen LogP contribution in [-0.4, -0.2) is 4.98 Å². The van der Waals surface area contributed by atoms with Crippen molar-refractivity contribution in [2.24, 2.45) is 0 Å². The third-order valence-corrected chi connectivity index (χ3v) is 2.45. The monoisotopic (exact) mass is 191 g/mol. The van der Waals surface area contributed by atoms with Gasteiger partial charge in [0, 0.05) is 11.7 Å². The van der Waals surface area contributed by atoms with Gasteiger partial charge in [0.1, 0.15) is 5.82 Å². The van der Waals surface area contributed by atoms with Crippen LogP contribution >= 0.6 is 0 Å². The molecule has 0 saturated heterocycles. The summed E-state index contributed by atoms with van der Waals surface area (Å²) in [6, 6.07) is 5.45. The number of aromatic amines is 1. The Bertz CT molecular complexity index is 463. The number of halogens is 1. The fraction of sp³-hybridized carbons (Fsp3) is 0.333. The molecule has 1 aromatic heterocycles. The molecule has 0 amide bonds. The molecule has 2 heteroatoms. The molecule has 0 spiro atoms. The van der Waals surface area contributed by atoms with Crippen molar-refractivity contribution in [3.05, 3.63) is 35.8 Å². The van der Waals surface area contributed by atoms with E-state index in [0.717, 1.165) is 16.5 Å². The van der Waals surface area contributed by atoms with E-state index in [0.29, 0.717) is 0 Å². The summed E-state index contributed by atoms with van der Waals surface area (Å²) in [4.78, 5) is 3.00. The minimum atomic E-state index is -0.143. The highest BCUT2D eigenvalue weighted by Gasteiger charge is 2.18. The molecular formula is C12H14FN. The van der Waals surface area contributed by atoms with E-state index in [4.69, 9.17) is 0 Å². The zero-order valence-electron chi connectivity index (χ0n) is 8.69. The molecule has 74 valence electrons. The first-order valence-corrected chi connectivity index (χ1v) is 4.75. The van der Waals surface area contributed by atoms with E-state index in [1.54, 1.807) is 6.07 Å². The van der Waals surface area contributed by atoms with Crippen LogP contribution in [0.25, 0.3) is 10.9 Å². The number of fused-ring (bicyclic) bond motifs is 1. The zero-order chi connectivity index (χ0) is 10.3. The van der Waals surface area contributed by atoms with Crippen molar-refractivity contribution in [1.29, 1.82) is 0 Å². The molecule has 1 heterocycles. The number of aromatic nitrogens is 1. The summed E-state index contributed by atoms with van der Waals surface area (Å²) in [6.07, 6.45) is 1.83. The van der Waals surface area contributed by atoms with Crippen molar-refractivity contribution < 1.29 is 4.39 Å². The molecule has 0 aliphatic heterocycles. The fourth-order valence-electron chi connectivity index (χ4n) is 1.65. The SMILES string of the molecule is CC(C)(C)c1cc2cc[nH]c2cc1F. The Morgan fingerprint density at radius 1 is 1.21 bits per heavy atom. The summed E-state index contributed by atoms with van der Waals surface area (Å²) >= 11 is 0. The van der Waals surface area contributed by atoms with Crippen LogP contribution in [0.2, 0.25) is 0 Å². The van der Waals surface area contributed by atoms with Gasteiger partial charge in [0.15, 0.2) is 0 Å². The van der Waals surface area contributed by atoms with E-state index >= 15 is 0 Å². The third kappa shape index (κ3) is 1.41. The van der Waals surface area contributed by atoms with Gasteiger partial charge in [-0.15, -0.1) is 0 Å². The molecule has 1 aromatic carbocycles. The van der Waals surface area contributed by atoms with E-state index < -0.39 is 0 Å². The van der Waals surface area contributed by atoms with Gasteiger partial charge in [-0.1, -0.05) is 20.8 Å². The largest absolute Gasteiger partial charge is 0.361 e. The summed E-state index contributed by atoms with van der Waals surface area (Å²) < 4.78 is 13.7. The number of hydrogen-bond donors (Lipinski definition) is 1. The molecule has 0 aliphatic carbocycles. The average Bonchev–Trinajstić information content (AvgIpc) is 2.47.